The lowest BCUT2D eigenvalue weighted by Crippen LogP contribution is -2.56. The van der Waals surface area contributed by atoms with E-state index in [1.807, 2.05) is 19.1 Å². The zero-order valence-corrected chi connectivity index (χ0v) is 22.1. The van der Waals surface area contributed by atoms with Gasteiger partial charge >= 0.3 is 0 Å². The number of hydrogen-bond acceptors (Lipinski definition) is 5. The molecule has 3 aliphatic heterocycles. The van der Waals surface area contributed by atoms with Gasteiger partial charge < -0.3 is 25.0 Å². The smallest absolute Gasteiger partial charge is 0.246 e. The van der Waals surface area contributed by atoms with Gasteiger partial charge in [-0.1, -0.05) is 45.3 Å². The summed E-state index contributed by atoms with van der Waals surface area (Å²) in [6.45, 7) is 7.15. The minimum atomic E-state index is -1.11. The van der Waals surface area contributed by atoms with Gasteiger partial charge in [0, 0.05) is 18.3 Å². The topological polar surface area (TPSA) is 97.0 Å². The van der Waals surface area contributed by atoms with Crippen LogP contribution in [-0.2, 0) is 19.1 Å². The predicted octanol–water partition coefficient (Wildman–Crippen LogP) is 3.67. The Kier molecular flexibility index (Phi) is 7.30. The molecule has 1 saturated carbocycles. The van der Waals surface area contributed by atoms with Crippen LogP contribution in [0.5, 0.6) is 5.75 Å². The zero-order valence-electron chi connectivity index (χ0n) is 22.1. The minimum absolute atomic E-state index is 0.125. The summed E-state index contributed by atoms with van der Waals surface area (Å²) in [6.07, 6.45) is 9.30. The standard InChI is InChI=1S/C29H39N3O5/c1-4-36-21-12-10-20(11-13-21)30-26(33)23-22-14-16-29(37-22)24(23)28(35)32(17-15-18(2)3)25(29)27(34)31-19-8-6-5-7-9-19/h10-14,16,18-19,22-25H,4-9,15,17H2,1-3H3,(H,30,33)(H,31,34). The van der Waals surface area contributed by atoms with Crippen LogP contribution in [0.2, 0.25) is 0 Å². The van der Waals surface area contributed by atoms with E-state index in [0.29, 0.717) is 24.8 Å². The average molecular weight is 510 g/mol. The number of nitrogens with zero attached hydrogens (tertiary/aromatic N) is 1. The van der Waals surface area contributed by atoms with Crippen LogP contribution >= 0.6 is 0 Å². The quantitative estimate of drug-likeness (QED) is 0.495. The van der Waals surface area contributed by atoms with E-state index in [1.165, 1.54) is 6.42 Å². The van der Waals surface area contributed by atoms with Crippen molar-refractivity contribution in [3.05, 3.63) is 36.4 Å². The Balaban J connectivity index is 1.39. The van der Waals surface area contributed by atoms with Crippen LogP contribution in [0.25, 0.3) is 0 Å². The van der Waals surface area contributed by atoms with Gasteiger partial charge in [-0.05, 0) is 56.4 Å². The first kappa shape index (κ1) is 25.8. The predicted molar refractivity (Wildman–Crippen MR) is 140 cm³/mol. The lowest BCUT2D eigenvalue weighted by Gasteiger charge is -2.34. The lowest BCUT2D eigenvalue weighted by molar-refractivity contribution is -0.141. The minimum Gasteiger partial charge on any atom is -0.494 e. The SMILES string of the molecule is CCOc1ccc(NC(=O)C2C3C=CC4(O3)C2C(=O)N(CCC(C)C)C4C(=O)NC2CCCCC2)cc1. The molecule has 1 spiro atoms. The molecule has 3 amide bonds. The Hall–Kier alpha value is -2.87. The Morgan fingerprint density at radius 2 is 1.86 bits per heavy atom. The first-order valence-corrected chi connectivity index (χ1v) is 13.9. The molecule has 1 aromatic rings. The number of rotatable bonds is 9. The second kappa shape index (κ2) is 10.5. The highest BCUT2D eigenvalue weighted by atomic mass is 16.5. The molecule has 200 valence electrons. The Labute approximate surface area is 219 Å². The molecule has 2 N–H and O–H groups in total. The number of benzene rings is 1. The fourth-order valence-electron chi connectivity index (χ4n) is 6.46. The highest BCUT2D eigenvalue weighted by molar-refractivity contribution is 6.02. The van der Waals surface area contributed by atoms with Crippen LogP contribution < -0.4 is 15.4 Å². The molecular weight excluding hydrogens is 470 g/mol. The van der Waals surface area contributed by atoms with E-state index in [1.54, 1.807) is 29.2 Å². The second-order valence-electron chi connectivity index (χ2n) is 11.2. The van der Waals surface area contributed by atoms with Crippen LogP contribution in [0.3, 0.4) is 0 Å². The maximum Gasteiger partial charge on any atom is 0.246 e. The number of carbonyl (C=O) groups excluding carboxylic acids is 3. The zero-order chi connectivity index (χ0) is 26.2. The summed E-state index contributed by atoms with van der Waals surface area (Å²) in [7, 11) is 0. The van der Waals surface area contributed by atoms with Crippen molar-refractivity contribution in [2.24, 2.45) is 17.8 Å². The van der Waals surface area contributed by atoms with Crippen molar-refractivity contribution in [3.8, 4) is 5.75 Å². The number of anilines is 1. The molecule has 1 aliphatic carbocycles. The second-order valence-corrected chi connectivity index (χ2v) is 11.2. The van der Waals surface area contributed by atoms with Crippen LogP contribution in [-0.4, -0.2) is 59.6 Å². The van der Waals surface area contributed by atoms with Crippen molar-refractivity contribution < 1.29 is 23.9 Å². The Bertz CT molecular complexity index is 1050. The molecule has 5 rings (SSSR count). The van der Waals surface area contributed by atoms with E-state index in [2.05, 4.69) is 24.5 Å². The molecule has 3 heterocycles. The first-order valence-electron chi connectivity index (χ1n) is 13.9. The van der Waals surface area contributed by atoms with Gasteiger partial charge in [-0.15, -0.1) is 0 Å². The van der Waals surface area contributed by atoms with Crippen molar-refractivity contribution in [1.82, 2.24) is 10.2 Å². The molecule has 37 heavy (non-hydrogen) atoms. The van der Waals surface area contributed by atoms with Crippen molar-refractivity contribution in [1.29, 1.82) is 0 Å². The highest BCUT2D eigenvalue weighted by Crippen LogP contribution is 2.55. The summed E-state index contributed by atoms with van der Waals surface area (Å²) in [4.78, 5) is 42.9. The summed E-state index contributed by atoms with van der Waals surface area (Å²) >= 11 is 0. The molecular formula is C29H39N3O5. The molecule has 0 radical (unpaired) electrons. The van der Waals surface area contributed by atoms with Crippen LogP contribution in [0, 0.1) is 17.8 Å². The number of hydrogen-bond donors (Lipinski definition) is 2. The molecule has 0 aromatic heterocycles. The van der Waals surface area contributed by atoms with Gasteiger partial charge in [0.25, 0.3) is 0 Å². The molecule has 2 saturated heterocycles. The summed E-state index contributed by atoms with van der Waals surface area (Å²) in [5.74, 6) is -0.912. The van der Waals surface area contributed by atoms with Crippen molar-refractivity contribution in [2.45, 2.75) is 83.1 Å². The Morgan fingerprint density at radius 3 is 2.54 bits per heavy atom. The lowest BCUT2D eigenvalue weighted by atomic mass is 9.74. The van der Waals surface area contributed by atoms with Crippen molar-refractivity contribution in [3.63, 3.8) is 0 Å². The first-order chi connectivity index (χ1) is 17.8. The van der Waals surface area contributed by atoms with Gasteiger partial charge in [-0.25, -0.2) is 0 Å². The van der Waals surface area contributed by atoms with Gasteiger partial charge in [-0.2, -0.15) is 0 Å². The summed E-state index contributed by atoms with van der Waals surface area (Å²) in [6, 6.07) is 6.54. The van der Waals surface area contributed by atoms with E-state index in [9.17, 15) is 14.4 Å². The fraction of sp³-hybridized carbons (Fsp3) is 0.621. The maximum absolute atomic E-state index is 13.9. The third kappa shape index (κ3) is 4.76. The number of fused-ring (bicyclic) bond motifs is 1. The van der Waals surface area contributed by atoms with E-state index in [0.717, 1.165) is 37.9 Å². The van der Waals surface area contributed by atoms with Crippen LogP contribution in [0.1, 0.15) is 59.3 Å². The largest absolute Gasteiger partial charge is 0.494 e. The summed E-state index contributed by atoms with van der Waals surface area (Å²) < 4.78 is 11.9. The third-order valence-electron chi connectivity index (χ3n) is 8.26. The van der Waals surface area contributed by atoms with Crippen LogP contribution in [0.15, 0.2) is 36.4 Å². The normalized spacial score (nSPS) is 30.6. The van der Waals surface area contributed by atoms with E-state index >= 15 is 0 Å². The number of likely N-dealkylation sites (tertiary alicyclic amines) is 1. The Morgan fingerprint density at radius 1 is 1.14 bits per heavy atom. The molecule has 4 aliphatic rings. The monoisotopic (exact) mass is 509 g/mol. The number of nitrogens with one attached hydrogen (secondary N) is 2. The van der Waals surface area contributed by atoms with E-state index < -0.39 is 29.6 Å². The molecule has 3 fully saturated rings. The number of carbonyl (C=O) groups is 3. The number of ether oxygens (including phenoxy) is 2. The molecule has 1 aromatic carbocycles. The third-order valence-corrected chi connectivity index (χ3v) is 8.26. The summed E-state index contributed by atoms with van der Waals surface area (Å²) in [5.41, 5.74) is -0.485. The molecule has 8 nitrogen and oxygen atoms in total. The molecule has 5 atom stereocenters. The highest BCUT2D eigenvalue weighted by Gasteiger charge is 2.72. The van der Waals surface area contributed by atoms with E-state index in [4.69, 9.17) is 9.47 Å². The van der Waals surface area contributed by atoms with E-state index in [-0.39, 0.29) is 23.8 Å². The maximum atomic E-state index is 13.9. The average Bonchev–Trinajstić information content (AvgIpc) is 3.52. The molecule has 8 heteroatoms. The van der Waals surface area contributed by atoms with Crippen LogP contribution in [0.4, 0.5) is 5.69 Å². The molecule has 5 unspecified atom stereocenters. The van der Waals surface area contributed by atoms with Gasteiger partial charge in [0.2, 0.25) is 17.7 Å². The van der Waals surface area contributed by atoms with Gasteiger partial charge in [0.15, 0.2) is 0 Å². The van der Waals surface area contributed by atoms with Crippen molar-refractivity contribution in [2.75, 3.05) is 18.5 Å². The fourth-order valence-corrected chi connectivity index (χ4v) is 6.46. The van der Waals surface area contributed by atoms with Crippen molar-refractivity contribution >= 4 is 23.4 Å². The number of amides is 3. The summed E-state index contributed by atoms with van der Waals surface area (Å²) in [5, 5.41) is 6.19. The molecule has 2 bridgehead atoms. The van der Waals surface area contributed by atoms with Gasteiger partial charge in [0.1, 0.15) is 17.4 Å². The van der Waals surface area contributed by atoms with Gasteiger partial charge in [0.05, 0.1) is 24.5 Å². The van der Waals surface area contributed by atoms with Gasteiger partial charge in [-0.3, -0.25) is 14.4 Å².